The number of aliphatic hydroxyl groups excluding tert-OH is 1. The van der Waals surface area contributed by atoms with E-state index in [9.17, 15) is 42.0 Å². The molecule has 33 heavy (non-hydrogen) atoms. The summed E-state index contributed by atoms with van der Waals surface area (Å²) >= 11 is 4.77. The summed E-state index contributed by atoms with van der Waals surface area (Å²) in [6.45, 7) is -1.48. The fourth-order valence-corrected chi connectivity index (χ4v) is 5.86. The molecule has 1 saturated heterocycles. The highest BCUT2D eigenvalue weighted by Crippen LogP contribution is 2.66. The summed E-state index contributed by atoms with van der Waals surface area (Å²) in [4.78, 5) is 38.9. The van der Waals surface area contributed by atoms with E-state index < -0.39 is 65.1 Å². The molecule has 1 aromatic heterocycles. The van der Waals surface area contributed by atoms with Crippen molar-refractivity contribution in [1.29, 1.82) is 0 Å². The maximum atomic E-state index is 13.7. The minimum atomic E-state index is -5.91. The highest BCUT2D eigenvalue weighted by Gasteiger charge is 2.71. The number of phosphoric ester groups is 1. The lowest BCUT2D eigenvalue weighted by atomic mass is 9.93. The normalized spacial score (nSPS) is 30.0. The van der Waals surface area contributed by atoms with E-state index in [0.29, 0.717) is 4.57 Å². The molecule has 6 atom stereocenters. The molecule has 0 bridgehead atoms. The average Bonchev–Trinajstić information content (AvgIpc) is 2.82. The van der Waals surface area contributed by atoms with Gasteiger partial charge in [0.05, 0.1) is 6.61 Å². The topological polar surface area (TPSA) is 253 Å². The Balaban J connectivity index is 2.28. The van der Waals surface area contributed by atoms with Crippen molar-refractivity contribution in [3.05, 3.63) is 17.0 Å². The molecule has 16 nitrogen and oxygen atoms in total. The second kappa shape index (κ2) is 9.33. The maximum Gasteiger partial charge on any atom is 0.490 e. The Morgan fingerprint density at radius 2 is 1.79 bits per heavy atom. The zero-order chi connectivity index (χ0) is 25.6. The number of hydrogen-bond donors (Lipinski definition) is 7. The lowest BCUT2D eigenvalue weighted by Gasteiger charge is -2.33. The largest absolute Gasteiger partial charge is 0.490 e. The van der Waals surface area contributed by atoms with Crippen molar-refractivity contribution in [2.75, 3.05) is 12.3 Å². The Morgan fingerprint density at radius 3 is 2.27 bits per heavy atom. The van der Waals surface area contributed by atoms with Crippen LogP contribution in [0.25, 0.3) is 0 Å². The number of ether oxygens (including phenoxy) is 1. The maximum absolute atomic E-state index is 13.7. The van der Waals surface area contributed by atoms with Gasteiger partial charge in [-0.15, -0.1) is 0 Å². The standard InChI is InChI=1S/C10H15F3N3O13P3S/c11-10(12,13)9(18)6(17)4(27-7(9)16-2-1-5(14)15-8(16)33)3-26-31(22,23)29-32(24,25)28-30(19,20)21/h1-2,4,6-7,17-18H,3H2,(H,22,23)(H,24,25)(H2,14,15,33)(H2,19,20,21)/t4-,6+,7-,9?/m1/s1. The molecule has 0 spiro atoms. The Bertz CT molecular complexity index is 1100. The van der Waals surface area contributed by atoms with E-state index in [1.165, 1.54) is 0 Å². The van der Waals surface area contributed by atoms with Crippen LogP contribution in [0.5, 0.6) is 0 Å². The minimum absolute atomic E-state index is 0.199. The van der Waals surface area contributed by atoms with E-state index in [-0.39, 0.29) is 5.82 Å². The van der Waals surface area contributed by atoms with Gasteiger partial charge in [-0.1, -0.05) is 0 Å². The number of alkyl halides is 3. The van der Waals surface area contributed by atoms with Gasteiger partial charge in [-0.3, -0.25) is 9.09 Å². The van der Waals surface area contributed by atoms with Crippen LogP contribution in [0, 0.1) is 4.77 Å². The Labute approximate surface area is 185 Å². The van der Waals surface area contributed by atoms with E-state index in [2.05, 4.69) is 18.1 Å². The van der Waals surface area contributed by atoms with Crippen LogP contribution in [-0.2, 0) is 31.6 Å². The van der Waals surface area contributed by atoms with Crippen molar-refractivity contribution >= 4 is 41.5 Å². The third-order valence-corrected chi connectivity index (χ3v) is 7.96. The lowest BCUT2D eigenvalue weighted by molar-refractivity contribution is -0.304. The molecule has 0 aliphatic carbocycles. The van der Waals surface area contributed by atoms with Gasteiger partial charge in [0.15, 0.2) is 6.23 Å². The average molecular weight is 567 g/mol. The molecule has 0 radical (unpaired) electrons. The van der Waals surface area contributed by atoms with Crippen molar-refractivity contribution in [1.82, 2.24) is 9.55 Å². The van der Waals surface area contributed by atoms with E-state index in [1.807, 2.05) is 0 Å². The Morgan fingerprint density at radius 1 is 1.21 bits per heavy atom. The molecule has 1 aliphatic heterocycles. The summed E-state index contributed by atoms with van der Waals surface area (Å²) in [6, 6.07) is 0.988. The number of anilines is 1. The molecule has 23 heteroatoms. The Hall–Kier alpha value is -0.820. The summed E-state index contributed by atoms with van der Waals surface area (Å²) < 4.78 is 90.4. The molecule has 2 rings (SSSR count). The summed E-state index contributed by atoms with van der Waals surface area (Å²) in [5.74, 6) is -0.199. The third kappa shape index (κ3) is 6.65. The monoisotopic (exact) mass is 567 g/mol. The van der Waals surface area contributed by atoms with Gasteiger partial charge >= 0.3 is 29.6 Å². The van der Waals surface area contributed by atoms with Gasteiger partial charge in [-0.25, -0.2) is 18.7 Å². The molecule has 1 fully saturated rings. The van der Waals surface area contributed by atoms with Crippen LogP contribution in [0.2, 0.25) is 0 Å². The summed E-state index contributed by atoms with van der Waals surface area (Å²) in [6.07, 6.45) is -12.3. The lowest BCUT2D eigenvalue weighted by Crippen LogP contribution is -2.57. The first kappa shape index (κ1) is 28.4. The van der Waals surface area contributed by atoms with Crippen molar-refractivity contribution in [2.45, 2.75) is 30.2 Å². The van der Waals surface area contributed by atoms with E-state index in [4.69, 9.17) is 37.4 Å². The van der Waals surface area contributed by atoms with Gasteiger partial charge in [0.25, 0.3) is 0 Å². The van der Waals surface area contributed by atoms with E-state index >= 15 is 0 Å². The quantitative estimate of drug-likeness (QED) is 0.162. The highest BCUT2D eigenvalue weighted by atomic mass is 32.1. The smallest absolute Gasteiger partial charge is 0.387 e. The number of nitrogens with two attached hydrogens (primary N) is 1. The molecule has 0 saturated carbocycles. The van der Waals surface area contributed by atoms with Crippen molar-refractivity contribution < 1.29 is 74.5 Å². The minimum Gasteiger partial charge on any atom is -0.387 e. The first-order valence-corrected chi connectivity index (χ1v) is 12.9. The number of phosphoric acid groups is 3. The Kier molecular flexibility index (Phi) is 8.03. The van der Waals surface area contributed by atoms with Crippen LogP contribution < -0.4 is 5.73 Å². The van der Waals surface area contributed by atoms with Crippen LogP contribution >= 0.6 is 35.7 Å². The number of hydrogen-bond acceptors (Lipinski definition) is 12. The predicted octanol–water partition coefficient (Wildman–Crippen LogP) is 0.0898. The molecule has 2 heterocycles. The fraction of sp³-hybridized carbons (Fsp3) is 0.600. The van der Waals surface area contributed by atoms with Gasteiger partial charge in [-0.2, -0.15) is 21.8 Å². The zero-order valence-electron chi connectivity index (χ0n) is 15.5. The number of halogens is 3. The highest BCUT2D eigenvalue weighted by molar-refractivity contribution is 7.71. The van der Waals surface area contributed by atoms with Crippen LogP contribution in [0.1, 0.15) is 6.23 Å². The molecule has 0 aromatic carbocycles. The van der Waals surface area contributed by atoms with Crippen molar-refractivity contribution in [3.8, 4) is 0 Å². The van der Waals surface area contributed by atoms with E-state index in [1.54, 1.807) is 0 Å². The van der Waals surface area contributed by atoms with Crippen LogP contribution in [-0.4, -0.2) is 69.9 Å². The first-order valence-electron chi connectivity index (χ1n) is 7.94. The second-order valence-electron chi connectivity index (χ2n) is 6.22. The molecular weight excluding hydrogens is 552 g/mol. The van der Waals surface area contributed by atoms with Crippen molar-refractivity contribution in [3.63, 3.8) is 0 Å². The number of nitrogen functional groups attached to an aromatic ring is 1. The summed E-state index contributed by atoms with van der Waals surface area (Å²) in [5, 5.41) is 20.4. The first-order chi connectivity index (χ1) is 14.7. The van der Waals surface area contributed by atoms with Crippen LogP contribution in [0.15, 0.2) is 12.3 Å². The molecule has 190 valence electrons. The van der Waals surface area contributed by atoms with Gasteiger partial charge in [0.1, 0.15) is 18.0 Å². The van der Waals surface area contributed by atoms with Gasteiger partial charge in [-0.05, 0) is 18.3 Å². The van der Waals surface area contributed by atoms with Gasteiger partial charge in [0.2, 0.25) is 10.4 Å². The molecule has 3 unspecified atom stereocenters. The van der Waals surface area contributed by atoms with E-state index in [0.717, 1.165) is 12.3 Å². The molecular formula is C10H15F3N3O13P3S. The van der Waals surface area contributed by atoms with Gasteiger partial charge < -0.3 is 40.3 Å². The molecule has 0 amide bonds. The summed E-state index contributed by atoms with van der Waals surface area (Å²) in [5.41, 5.74) is 1.29. The molecule has 1 aromatic rings. The predicted molar refractivity (Wildman–Crippen MR) is 98.2 cm³/mol. The van der Waals surface area contributed by atoms with Crippen molar-refractivity contribution in [2.24, 2.45) is 0 Å². The van der Waals surface area contributed by atoms with Crippen LogP contribution in [0.4, 0.5) is 19.0 Å². The number of aliphatic hydroxyl groups is 2. The third-order valence-electron chi connectivity index (χ3n) is 3.86. The number of nitrogens with zero attached hydrogens (tertiary/aromatic N) is 2. The SMILES string of the molecule is Nc1ccn([C@@H]2O[C@H](COP(=O)(O)OP(=O)(O)OP(=O)(O)O)[C@H](O)C2(O)C(F)(F)F)c(=S)n1. The second-order valence-corrected chi connectivity index (χ2v) is 11.0. The fourth-order valence-electron chi connectivity index (χ4n) is 2.56. The molecule has 1 aliphatic rings. The number of aromatic nitrogens is 2. The zero-order valence-corrected chi connectivity index (χ0v) is 19.0. The summed E-state index contributed by atoms with van der Waals surface area (Å²) in [7, 11) is -17.4. The number of rotatable bonds is 8. The van der Waals surface area contributed by atoms with Crippen LogP contribution in [0.3, 0.4) is 0 Å². The molecule has 8 N–H and O–H groups in total. The van der Waals surface area contributed by atoms with Gasteiger partial charge in [0, 0.05) is 6.20 Å².